The zero-order valence-corrected chi connectivity index (χ0v) is 11.0. The van der Waals surface area contributed by atoms with E-state index in [1.807, 2.05) is 18.2 Å². The summed E-state index contributed by atoms with van der Waals surface area (Å²) < 4.78 is 37.4. The highest BCUT2D eigenvalue weighted by atomic mass is 19.4. The first-order valence-electron chi connectivity index (χ1n) is 6.23. The van der Waals surface area contributed by atoms with E-state index in [1.54, 1.807) is 19.1 Å². The Bertz CT molecular complexity index is 557. The normalized spacial score (nSPS) is 14.8. The Morgan fingerprint density at radius 2 is 1.40 bits per heavy atom. The second kappa shape index (κ2) is 5.29. The fourth-order valence-corrected chi connectivity index (χ4v) is 2.11. The number of halogens is 3. The van der Waals surface area contributed by atoms with Gasteiger partial charge < -0.3 is 5.11 Å². The first-order valence-corrected chi connectivity index (χ1v) is 6.23. The van der Waals surface area contributed by atoms with Crippen LogP contribution in [0.15, 0.2) is 54.6 Å². The van der Waals surface area contributed by atoms with E-state index < -0.39 is 17.3 Å². The summed E-state index contributed by atoms with van der Waals surface area (Å²) >= 11 is 0. The highest BCUT2D eigenvalue weighted by molar-refractivity contribution is 5.29. The van der Waals surface area contributed by atoms with Crippen molar-refractivity contribution < 1.29 is 18.3 Å². The van der Waals surface area contributed by atoms with Crippen LogP contribution in [0.3, 0.4) is 0 Å². The third-order valence-corrected chi connectivity index (χ3v) is 3.23. The summed E-state index contributed by atoms with van der Waals surface area (Å²) in [6.07, 6.45) is -4.07. The molecule has 20 heavy (non-hydrogen) atoms. The van der Waals surface area contributed by atoms with Crippen LogP contribution < -0.4 is 0 Å². The molecule has 0 amide bonds. The van der Waals surface area contributed by atoms with Crippen molar-refractivity contribution in [2.24, 2.45) is 0 Å². The van der Waals surface area contributed by atoms with Crippen molar-refractivity contribution in [1.82, 2.24) is 0 Å². The maximum Gasteiger partial charge on any atom is 0.416 e. The number of alkyl halides is 3. The van der Waals surface area contributed by atoms with Crippen molar-refractivity contribution >= 4 is 0 Å². The molecule has 2 aromatic rings. The third kappa shape index (κ3) is 3.39. The van der Waals surface area contributed by atoms with Crippen molar-refractivity contribution in [3.8, 4) is 0 Å². The molecule has 0 spiro atoms. The molecular weight excluding hydrogens is 265 g/mol. The van der Waals surface area contributed by atoms with Crippen LogP contribution in [-0.2, 0) is 18.2 Å². The van der Waals surface area contributed by atoms with E-state index in [1.165, 1.54) is 12.1 Å². The fraction of sp³-hybridized carbons (Fsp3) is 0.250. The lowest BCUT2D eigenvalue weighted by atomic mass is 9.89. The summed E-state index contributed by atoms with van der Waals surface area (Å²) in [6.45, 7) is 1.65. The van der Waals surface area contributed by atoms with Crippen LogP contribution >= 0.6 is 0 Å². The minimum atomic E-state index is -4.33. The van der Waals surface area contributed by atoms with E-state index in [-0.39, 0.29) is 6.42 Å². The summed E-state index contributed by atoms with van der Waals surface area (Å²) in [4.78, 5) is 0. The highest BCUT2D eigenvalue weighted by Crippen LogP contribution is 2.30. The molecule has 0 aliphatic heterocycles. The molecule has 1 atom stereocenters. The second-order valence-electron chi connectivity index (χ2n) is 5.01. The van der Waals surface area contributed by atoms with Crippen LogP contribution in [0.25, 0.3) is 0 Å². The second-order valence-corrected chi connectivity index (χ2v) is 5.01. The van der Waals surface area contributed by atoms with Crippen molar-refractivity contribution in [1.29, 1.82) is 0 Å². The Hall–Kier alpha value is -1.81. The van der Waals surface area contributed by atoms with Crippen LogP contribution in [0.4, 0.5) is 13.2 Å². The molecule has 0 aliphatic rings. The number of rotatable bonds is 3. The molecule has 0 radical (unpaired) electrons. The molecule has 0 bridgehead atoms. The van der Waals surface area contributed by atoms with Gasteiger partial charge in [0, 0.05) is 6.42 Å². The molecule has 2 rings (SSSR count). The van der Waals surface area contributed by atoms with Gasteiger partial charge in [0.25, 0.3) is 0 Å². The molecular formula is C16H15F3O. The van der Waals surface area contributed by atoms with Crippen LogP contribution in [0.1, 0.15) is 23.6 Å². The maximum absolute atomic E-state index is 12.5. The first kappa shape index (κ1) is 14.6. The van der Waals surface area contributed by atoms with E-state index in [4.69, 9.17) is 0 Å². The number of aliphatic hydroxyl groups is 1. The van der Waals surface area contributed by atoms with Crippen molar-refractivity contribution in [3.05, 3.63) is 71.3 Å². The monoisotopic (exact) mass is 280 g/mol. The van der Waals surface area contributed by atoms with Crippen LogP contribution in [0.5, 0.6) is 0 Å². The minimum Gasteiger partial charge on any atom is -0.385 e. The first-order chi connectivity index (χ1) is 9.29. The molecule has 0 saturated carbocycles. The average Bonchev–Trinajstić information content (AvgIpc) is 2.39. The summed E-state index contributed by atoms with van der Waals surface area (Å²) in [5.41, 5.74) is -0.395. The maximum atomic E-state index is 12.5. The predicted molar refractivity (Wildman–Crippen MR) is 71.2 cm³/mol. The molecule has 0 aromatic heterocycles. The summed E-state index contributed by atoms with van der Waals surface area (Å²) in [6, 6.07) is 14.0. The van der Waals surface area contributed by atoms with Gasteiger partial charge in [-0.2, -0.15) is 13.2 Å². The van der Waals surface area contributed by atoms with Gasteiger partial charge in [-0.05, 0) is 30.2 Å². The smallest absolute Gasteiger partial charge is 0.385 e. The van der Waals surface area contributed by atoms with E-state index in [0.717, 1.165) is 17.7 Å². The lowest BCUT2D eigenvalue weighted by Gasteiger charge is -2.24. The fourth-order valence-electron chi connectivity index (χ4n) is 2.11. The minimum absolute atomic E-state index is 0.259. The van der Waals surface area contributed by atoms with E-state index in [2.05, 4.69) is 0 Å². The number of hydrogen-bond acceptors (Lipinski definition) is 1. The van der Waals surface area contributed by atoms with Crippen LogP contribution in [0.2, 0.25) is 0 Å². The molecule has 0 aliphatic carbocycles. The van der Waals surface area contributed by atoms with Gasteiger partial charge in [-0.15, -0.1) is 0 Å². The van der Waals surface area contributed by atoms with Gasteiger partial charge in [-0.1, -0.05) is 42.5 Å². The van der Waals surface area contributed by atoms with Gasteiger partial charge in [0.05, 0.1) is 11.2 Å². The van der Waals surface area contributed by atoms with Gasteiger partial charge in [0.15, 0.2) is 0 Å². The summed E-state index contributed by atoms with van der Waals surface area (Å²) in [5, 5.41) is 10.4. The lowest BCUT2D eigenvalue weighted by Crippen LogP contribution is -2.24. The SMILES string of the molecule is CC(O)(Cc1ccc(C(F)(F)F)cc1)c1ccccc1. The molecule has 1 nitrogen and oxygen atoms in total. The Morgan fingerprint density at radius 3 is 1.90 bits per heavy atom. The molecule has 1 unspecified atom stereocenters. The zero-order valence-electron chi connectivity index (χ0n) is 11.0. The van der Waals surface area contributed by atoms with Crippen molar-refractivity contribution in [2.45, 2.75) is 25.1 Å². The van der Waals surface area contributed by atoms with E-state index in [9.17, 15) is 18.3 Å². The molecule has 1 N–H and O–H groups in total. The third-order valence-electron chi connectivity index (χ3n) is 3.23. The van der Waals surface area contributed by atoms with Crippen molar-refractivity contribution in [2.75, 3.05) is 0 Å². The van der Waals surface area contributed by atoms with Gasteiger partial charge in [0.1, 0.15) is 0 Å². The topological polar surface area (TPSA) is 20.2 Å². The predicted octanol–water partition coefficient (Wildman–Crippen LogP) is 4.16. The molecule has 0 heterocycles. The summed E-state index contributed by atoms with van der Waals surface area (Å²) in [5.74, 6) is 0. The lowest BCUT2D eigenvalue weighted by molar-refractivity contribution is -0.137. The zero-order chi connectivity index (χ0) is 14.8. The highest BCUT2D eigenvalue weighted by Gasteiger charge is 2.30. The van der Waals surface area contributed by atoms with E-state index in [0.29, 0.717) is 5.56 Å². The van der Waals surface area contributed by atoms with Crippen molar-refractivity contribution in [3.63, 3.8) is 0 Å². The molecule has 106 valence electrons. The van der Waals surface area contributed by atoms with Crippen LogP contribution in [0, 0.1) is 0 Å². The molecule has 4 heteroatoms. The van der Waals surface area contributed by atoms with Gasteiger partial charge in [-0.25, -0.2) is 0 Å². The van der Waals surface area contributed by atoms with Gasteiger partial charge >= 0.3 is 6.18 Å². The average molecular weight is 280 g/mol. The Balaban J connectivity index is 2.18. The standard InChI is InChI=1S/C16H15F3O/c1-15(20,13-5-3-2-4-6-13)11-12-7-9-14(10-8-12)16(17,18)19/h2-10,20H,11H2,1H3. The molecule has 2 aromatic carbocycles. The van der Waals surface area contributed by atoms with Crippen LogP contribution in [-0.4, -0.2) is 5.11 Å². The Labute approximate surface area is 115 Å². The largest absolute Gasteiger partial charge is 0.416 e. The number of hydrogen-bond donors (Lipinski definition) is 1. The van der Waals surface area contributed by atoms with Gasteiger partial charge in [0.2, 0.25) is 0 Å². The van der Waals surface area contributed by atoms with Gasteiger partial charge in [-0.3, -0.25) is 0 Å². The Kier molecular flexibility index (Phi) is 3.86. The molecule has 0 fully saturated rings. The number of benzene rings is 2. The quantitative estimate of drug-likeness (QED) is 0.895. The molecule has 0 saturated heterocycles. The summed E-state index contributed by atoms with van der Waals surface area (Å²) in [7, 11) is 0. The Morgan fingerprint density at radius 1 is 0.850 bits per heavy atom. The van der Waals surface area contributed by atoms with E-state index >= 15 is 0 Å².